The number of hydrogen-bond donors (Lipinski definition) is 1. The van der Waals surface area contributed by atoms with Crippen LogP contribution in [0.25, 0.3) is 0 Å². The molecule has 1 fully saturated rings. The average molecular weight is 284 g/mol. The highest BCUT2D eigenvalue weighted by atomic mass is 79.9. The highest BCUT2D eigenvalue weighted by Gasteiger charge is 2.49. The van der Waals surface area contributed by atoms with Crippen molar-refractivity contribution >= 4 is 27.5 Å². The van der Waals surface area contributed by atoms with E-state index in [9.17, 15) is 5.11 Å². The number of halogens is 2. The fraction of sp³-hybridized carbons (Fsp3) is 0.778. The van der Waals surface area contributed by atoms with Crippen molar-refractivity contribution in [1.29, 1.82) is 0 Å². The van der Waals surface area contributed by atoms with E-state index >= 15 is 0 Å². The van der Waals surface area contributed by atoms with E-state index in [2.05, 4.69) is 15.9 Å². The van der Waals surface area contributed by atoms with Crippen molar-refractivity contribution in [3.8, 4) is 0 Å². The lowest BCUT2D eigenvalue weighted by Crippen LogP contribution is -2.44. The van der Waals surface area contributed by atoms with Gasteiger partial charge in [0, 0.05) is 4.48 Å². The third-order valence-corrected chi connectivity index (χ3v) is 3.48. The molecule has 5 heteroatoms. The molecular formula is C9H12BrClO3. The van der Waals surface area contributed by atoms with Crippen molar-refractivity contribution in [1.82, 2.24) is 0 Å². The van der Waals surface area contributed by atoms with Gasteiger partial charge in [0.05, 0.1) is 5.38 Å². The summed E-state index contributed by atoms with van der Waals surface area (Å²) in [7, 11) is 0. The number of rotatable bonds is 0. The number of ether oxygens (including phenoxy) is 2. The monoisotopic (exact) mass is 282 g/mol. The normalized spacial score (nSPS) is 45.9. The maximum Gasteiger partial charge on any atom is 0.164 e. The summed E-state index contributed by atoms with van der Waals surface area (Å²) >= 11 is 9.31. The van der Waals surface area contributed by atoms with Gasteiger partial charge in [-0.25, -0.2) is 0 Å². The maximum absolute atomic E-state index is 9.80. The predicted octanol–water partition coefficient (Wildman–Crippen LogP) is 1.77. The van der Waals surface area contributed by atoms with Crippen LogP contribution in [0.1, 0.15) is 13.8 Å². The van der Waals surface area contributed by atoms with Crippen molar-refractivity contribution in [2.75, 3.05) is 0 Å². The number of aliphatic hydroxyl groups is 1. The van der Waals surface area contributed by atoms with Crippen LogP contribution in [-0.4, -0.2) is 34.6 Å². The number of fused-ring (bicyclic) bond motifs is 1. The van der Waals surface area contributed by atoms with E-state index in [1.54, 1.807) is 6.08 Å². The Labute approximate surface area is 96.1 Å². The SMILES string of the molecule is CC1(C)O[C@H]2[C@H](O)[C@@H](Cl)C=C(Br)[C@H]2O1. The first-order valence-corrected chi connectivity index (χ1v) is 5.69. The van der Waals surface area contributed by atoms with Gasteiger partial charge in [0.15, 0.2) is 5.79 Å². The van der Waals surface area contributed by atoms with Crippen LogP contribution < -0.4 is 0 Å². The van der Waals surface area contributed by atoms with Crippen molar-refractivity contribution in [2.24, 2.45) is 0 Å². The molecule has 0 radical (unpaired) electrons. The van der Waals surface area contributed by atoms with Gasteiger partial charge in [-0.1, -0.05) is 22.0 Å². The van der Waals surface area contributed by atoms with E-state index in [0.29, 0.717) is 0 Å². The second-order valence-corrected chi connectivity index (χ2v) is 5.43. The van der Waals surface area contributed by atoms with Gasteiger partial charge in [-0.2, -0.15) is 0 Å². The molecule has 0 amide bonds. The summed E-state index contributed by atoms with van der Waals surface area (Å²) in [6.45, 7) is 3.64. The van der Waals surface area contributed by atoms with Crippen LogP contribution in [0.3, 0.4) is 0 Å². The van der Waals surface area contributed by atoms with Crippen molar-refractivity contribution < 1.29 is 14.6 Å². The first-order valence-electron chi connectivity index (χ1n) is 4.46. The third kappa shape index (κ3) is 1.74. The van der Waals surface area contributed by atoms with Crippen LogP contribution in [-0.2, 0) is 9.47 Å². The smallest absolute Gasteiger partial charge is 0.164 e. The Morgan fingerprint density at radius 1 is 1.50 bits per heavy atom. The molecule has 0 aromatic heterocycles. The zero-order valence-electron chi connectivity index (χ0n) is 7.91. The Morgan fingerprint density at radius 2 is 2.14 bits per heavy atom. The molecule has 0 bridgehead atoms. The van der Waals surface area contributed by atoms with Gasteiger partial charge in [-0.05, 0) is 13.8 Å². The molecule has 0 aromatic carbocycles. The number of aliphatic hydroxyl groups excluding tert-OH is 1. The summed E-state index contributed by atoms with van der Waals surface area (Å²) in [5, 5.41) is 9.37. The van der Waals surface area contributed by atoms with Gasteiger partial charge < -0.3 is 14.6 Å². The van der Waals surface area contributed by atoms with Crippen LogP contribution in [0.5, 0.6) is 0 Å². The van der Waals surface area contributed by atoms with E-state index < -0.39 is 17.3 Å². The quantitative estimate of drug-likeness (QED) is 0.689. The molecule has 2 aliphatic rings. The van der Waals surface area contributed by atoms with Crippen LogP contribution >= 0.6 is 27.5 Å². The lowest BCUT2D eigenvalue weighted by atomic mass is 9.98. The minimum absolute atomic E-state index is 0.241. The molecule has 1 N–H and O–H groups in total. The van der Waals surface area contributed by atoms with Gasteiger partial charge in [-0.15, -0.1) is 11.6 Å². The highest BCUT2D eigenvalue weighted by molar-refractivity contribution is 9.11. The third-order valence-electron chi connectivity index (χ3n) is 2.38. The fourth-order valence-corrected chi connectivity index (χ4v) is 2.85. The summed E-state index contributed by atoms with van der Waals surface area (Å²) in [6.07, 6.45) is 0.407. The molecule has 1 aliphatic carbocycles. The molecule has 1 aliphatic heterocycles. The Morgan fingerprint density at radius 3 is 2.79 bits per heavy atom. The van der Waals surface area contributed by atoms with Gasteiger partial charge in [-0.3, -0.25) is 0 Å². The number of hydrogen-bond acceptors (Lipinski definition) is 3. The molecule has 0 spiro atoms. The number of alkyl halides is 1. The molecule has 14 heavy (non-hydrogen) atoms. The highest BCUT2D eigenvalue weighted by Crippen LogP contribution is 2.40. The summed E-state index contributed by atoms with van der Waals surface area (Å²) in [5.41, 5.74) is 0. The molecule has 1 saturated heterocycles. The van der Waals surface area contributed by atoms with Gasteiger partial charge >= 0.3 is 0 Å². The van der Waals surface area contributed by atoms with Crippen LogP contribution in [0.2, 0.25) is 0 Å². The lowest BCUT2D eigenvalue weighted by Gasteiger charge is -2.28. The Bertz CT molecular complexity index is 279. The fourth-order valence-electron chi connectivity index (χ4n) is 1.78. The van der Waals surface area contributed by atoms with Crippen molar-refractivity contribution in [3.63, 3.8) is 0 Å². The zero-order chi connectivity index (χ0) is 10.5. The van der Waals surface area contributed by atoms with E-state index in [4.69, 9.17) is 21.1 Å². The Balaban J connectivity index is 2.27. The van der Waals surface area contributed by atoms with E-state index in [1.165, 1.54) is 0 Å². The second-order valence-electron chi connectivity index (χ2n) is 4.01. The van der Waals surface area contributed by atoms with Crippen LogP contribution in [0.15, 0.2) is 10.6 Å². The van der Waals surface area contributed by atoms with E-state index in [1.807, 2.05) is 13.8 Å². The Kier molecular flexibility index (Phi) is 2.69. The summed E-state index contributed by atoms with van der Waals surface area (Å²) in [6, 6.07) is 0. The van der Waals surface area contributed by atoms with Crippen molar-refractivity contribution in [2.45, 2.75) is 43.3 Å². The molecular weight excluding hydrogens is 271 g/mol. The lowest BCUT2D eigenvalue weighted by molar-refractivity contribution is -0.152. The van der Waals surface area contributed by atoms with E-state index in [0.717, 1.165) is 4.48 Å². The second kappa shape index (κ2) is 3.46. The first-order chi connectivity index (χ1) is 6.41. The molecule has 0 saturated carbocycles. The predicted molar refractivity (Wildman–Crippen MR) is 56.5 cm³/mol. The van der Waals surface area contributed by atoms with Crippen molar-refractivity contribution in [3.05, 3.63) is 10.6 Å². The van der Waals surface area contributed by atoms with Gasteiger partial charge in [0.25, 0.3) is 0 Å². The topological polar surface area (TPSA) is 38.7 Å². The molecule has 1 heterocycles. The summed E-state index contributed by atoms with van der Waals surface area (Å²) in [4.78, 5) is 0. The molecule has 3 nitrogen and oxygen atoms in total. The summed E-state index contributed by atoms with van der Waals surface area (Å²) in [5.74, 6) is -0.663. The minimum Gasteiger partial charge on any atom is -0.388 e. The standard InChI is InChI=1S/C9H12BrClO3/c1-9(2)13-7-4(10)3-5(11)6(12)8(7)14-9/h3,5-8,12H,1-2H3/t5-,6+,7+,8-/m0/s1. The summed E-state index contributed by atoms with van der Waals surface area (Å²) < 4.78 is 12.1. The Hall–Kier alpha value is 0.390. The molecule has 80 valence electrons. The maximum atomic E-state index is 9.80. The van der Waals surface area contributed by atoms with Gasteiger partial charge in [0.2, 0.25) is 0 Å². The minimum atomic E-state index is -0.718. The van der Waals surface area contributed by atoms with Crippen LogP contribution in [0.4, 0.5) is 0 Å². The zero-order valence-corrected chi connectivity index (χ0v) is 10.2. The molecule has 0 unspecified atom stereocenters. The molecule has 0 aromatic rings. The average Bonchev–Trinajstić information content (AvgIpc) is 2.38. The molecule has 2 rings (SSSR count). The molecule has 4 atom stereocenters. The van der Waals surface area contributed by atoms with E-state index in [-0.39, 0.29) is 12.2 Å². The first kappa shape index (κ1) is 10.9. The van der Waals surface area contributed by atoms with Crippen LogP contribution in [0, 0.1) is 0 Å². The van der Waals surface area contributed by atoms with Gasteiger partial charge in [0.1, 0.15) is 18.3 Å². The largest absolute Gasteiger partial charge is 0.388 e.